The Morgan fingerprint density at radius 3 is 1.63 bits per heavy atom. The third-order valence-electron chi connectivity index (χ3n) is 8.49. The number of hydrogen-bond donors (Lipinski definition) is 1. The number of hydrogen-bond acceptors (Lipinski definition) is 5. The van der Waals surface area contributed by atoms with Crippen LogP contribution in [0.25, 0.3) is 0 Å². The maximum Gasteiger partial charge on any atom is 0.363 e. The SMILES string of the molecule is CC(C)[C@H]1CC[C@H](C)C[C@H]1OP(=O)(O[C@@H]1C[C@@H](C)CC[C@H]1C(C)C)[C@H](O)c1ccc(N(C)C)cc1. The average Bonchev–Trinajstić information content (AvgIpc) is 2.78. The van der Waals surface area contributed by atoms with Crippen LogP contribution in [0.15, 0.2) is 24.3 Å². The molecule has 35 heavy (non-hydrogen) atoms. The molecule has 0 amide bonds. The molecule has 6 heteroatoms. The van der Waals surface area contributed by atoms with Crippen LogP contribution in [-0.2, 0) is 13.6 Å². The van der Waals surface area contributed by atoms with Gasteiger partial charge in [0.1, 0.15) is 0 Å². The molecule has 0 radical (unpaired) electrons. The summed E-state index contributed by atoms with van der Waals surface area (Å²) in [7, 11) is 0.0893. The summed E-state index contributed by atoms with van der Waals surface area (Å²) in [5.74, 6) is 1.21. The van der Waals surface area contributed by atoms with Crippen molar-refractivity contribution in [1.29, 1.82) is 0 Å². The standard InChI is InChI=1S/C29H50NO4P/c1-19(2)25-15-9-21(5)17-27(25)33-35(32,29(31)23-11-13-24(14-12-23)30(7)8)34-28-18-22(6)10-16-26(28)20(3)4/h11-14,19-22,25-29,31H,9-10,15-18H2,1-8H3/t21-,22-,25-,26+,27+,28+,29-,35?/m0/s1. The van der Waals surface area contributed by atoms with Gasteiger partial charge in [-0.05, 0) is 78.9 Å². The van der Waals surface area contributed by atoms with Crippen molar-refractivity contribution in [3.63, 3.8) is 0 Å². The number of benzene rings is 1. The lowest BCUT2D eigenvalue weighted by Crippen LogP contribution is -2.37. The number of nitrogens with zero attached hydrogens (tertiary/aromatic N) is 1. The van der Waals surface area contributed by atoms with Crippen molar-refractivity contribution in [2.75, 3.05) is 19.0 Å². The van der Waals surface area contributed by atoms with Gasteiger partial charge in [-0.3, -0.25) is 4.57 Å². The minimum atomic E-state index is -3.87. The molecule has 2 aliphatic carbocycles. The summed E-state index contributed by atoms with van der Waals surface area (Å²) in [6.07, 6.45) is 5.83. The van der Waals surface area contributed by atoms with Crippen LogP contribution in [0.1, 0.15) is 91.5 Å². The van der Waals surface area contributed by atoms with Gasteiger partial charge in [0.15, 0.2) is 5.85 Å². The first kappa shape index (κ1) is 28.7. The average molecular weight is 508 g/mol. The Morgan fingerprint density at radius 1 is 0.829 bits per heavy atom. The Labute approximate surface area is 214 Å². The van der Waals surface area contributed by atoms with Crippen molar-refractivity contribution in [2.45, 2.75) is 98.1 Å². The maximum absolute atomic E-state index is 14.7. The molecule has 0 aromatic heterocycles. The lowest BCUT2D eigenvalue weighted by atomic mass is 9.75. The fraction of sp³-hybridized carbons (Fsp3) is 0.793. The molecule has 2 saturated carbocycles. The van der Waals surface area contributed by atoms with Gasteiger partial charge in [0.05, 0.1) is 12.2 Å². The van der Waals surface area contributed by atoms with Crippen molar-refractivity contribution in [2.24, 2.45) is 35.5 Å². The molecule has 8 atom stereocenters. The number of rotatable bonds is 9. The molecule has 1 unspecified atom stereocenters. The Balaban J connectivity index is 1.95. The summed E-state index contributed by atoms with van der Waals surface area (Å²) in [5, 5.41) is 11.6. The van der Waals surface area contributed by atoms with E-state index in [-0.39, 0.29) is 12.2 Å². The molecule has 2 fully saturated rings. The highest BCUT2D eigenvalue weighted by atomic mass is 31.2. The van der Waals surface area contributed by atoms with Crippen molar-refractivity contribution in [1.82, 2.24) is 0 Å². The molecule has 200 valence electrons. The normalized spacial score (nSPS) is 32.4. The first-order valence-electron chi connectivity index (χ1n) is 13.8. The Morgan fingerprint density at radius 2 is 1.26 bits per heavy atom. The van der Waals surface area contributed by atoms with Crippen LogP contribution >= 0.6 is 7.60 Å². The van der Waals surface area contributed by atoms with E-state index in [9.17, 15) is 9.67 Å². The largest absolute Gasteiger partial charge is 0.378 e. The summed E-state index contributed by atoms with van der Waals surface area (Å²) in [4.78, 5) is 2.01. The van der Waals surface area contributed by atoms with E-state index >= 15 is 0 Å². The second kappa shape index (κ2) is 12.1. The number of aliphatic hydroxyl groups excluding tert-OH is 1. The van der Waals surface area contributed by atoms with Crippen molar-refractivity contribution < 1.29 is 18.7 Å². The first-order valence-corrected chi connectivity index (χ1v) is 15.4. The van der Waals surface area contributed by atoms with Gasteiger partial charge in [-0.2, -0.15) is 0 Å². The van der Waals surface area contributed by atoms with Gasteiger partial charge < -0.3 is 19.1 Å². The zero-order valence-electron chi connectivity index (χ0n) is 23.3. The molecular weight excluding hydrogens is 457 g/mol. The molecule has 0 saturated heterocycles. The van der Waals surface area contributed by atoms with Crippen LogP contribution in [0.5, 0.6) is 0 Å². The van der Waals surface area contributed by atoms with Crippen LogP contribution in [0.3, 0.4) is 0 Å². The Kier molecular flexibility index (Phi) is 9.93. The van der Waals surface area contributed by atoms with Gasteiger partial charge >= 0.3 is 7.60 Å². The van der Waals surface area contributed by atoms with Gasteiger partial charge in [-0.1, -0.05) is 66.5 Å². The summed E-state index contributed by atoms with van der Waals surface area (Å²) >= 11 is 0. The van der Waals surface area contributed by atoms with Crippen molar-refractivity contribution in [3.8, 4) is 0 Å². The third kappa shape index (κ3) is 7.12. The van der Waals surface area contributed by atoms with Crippen LogP contribution < -0.4 is 4.90 Å². The highest BCUT2D eigenvalue weighted by molar-refractivity contribution is 7.54. The predicted octanol–water partition coefficient (Wildman–Crippen LogP) is 7.89. The van der Waals surface area contributed by atoms with E-state index in [1.807, 2.05) is 43.3 Å². The number of aliphatic hydroxyl groups is 1. The predicted molar refractivity (Wildman–Crippen MR) is 146 cm³/mol. The van der Waals surface area contributed by atoms with E-state index < -0.39 is 13.4 Å². The van der Waals surface area contributed by atoms with Crippen LogP contribution in [-0.4, -0.2) is 31.4 Å². The van der Waals surface area contributed by atoms with Gasteiger partial charge in [-0.15, -0.1) is 0 Å². The highest BCUT2D eigenvalue weighted by Gasteiger charge is 2.46. The molecule has 2 aliphatic rings. The van der Waals surface area contributed by atoms with Gasteiger partial charge in [0.25, 0.3) is 0 Å². The highest BCUT2D eigenvalue weighted by Crippen LogP contribution is 2.64. The van der Waals surface area contributed by atoms with Crippen LogP contribution in [0.4, 0.5) is 5.69 Å². The molecule has 0 heterocycles. The van der Waals surface area contributed by atoms with Crippen molar-refractivity contribution in [3.05, 3.63) is 29.8 Å². The number of anilines is 1. The quantitative estimate of drug-likeness (QED) is 0.344. The molecule has 1 aromatic rings. The zero-order valence-corrected chi connectivity index (χ0v) is 24.2. The van der Waals surface area contributed by atoms with E-state index in [0.29, 0.717) is 41.1 Å². The fourth-order valence-corrected chi connectivity index (χ4v) is 8.17. The second-order valence-corrected chi connectivity index (χ2v) is 14.3. The zero-order chi connectivity index (χ0) is 25.9. The van der Waals surface area contributed by atoms with Crippen LogP contribution in [0.2, 0.25) is 0 Å². The molecular formula is C29H50NO4P. The second-order valence-electron chi connectivity index (χ2n) is 12.3. The van der Waals surface area contributed by atoms with Crippen LogP contribution in [0, 0.1) is 35.5 Å². The van der Waals surface area contributed by atoms with E-state index in [0.717, 1.165) is 44.2 Å². The van der Waals surface area contributed by atoms with E-state index in [2.05, 4.69) is 41.5 Å². The minimum absolute atomic E-state index is 0.168. The maximum atomic E-state index is 14.7. The summed E-state index contributed by atoms with van der Waals surface area (Å²) in [5.41, 5.74) is 1.62. The Hall–Kier alpha value is -0.870. The van der Waals surface area contributed by atoms with Gasteiger partial charge in [0, 0.05) is 19.8 Å². The smallest absolute Gasteiger partial charge is 0.363 e. The minimum Gasteiger partial charge on any atom is -0.378 e. The molecule has 3 rings (SSSR count). The van der Waals surface area contributed by atoms with Crippen molar-refractivity contribution >= 4 is 13.3 Å². The van der Waals surface area contributed by atoms with E-state index in [1.165, 1.54) is 0 Å². The molecule has 0 aliphatic heterocycles. The van der Waals surface area contributed by atoms with E-state index in [1.54, 1.807) is 0 Å². The summed E-state index contributed by atoms with van der Waals surface area (Å²) in [6.45, 7) is 13.4. The third-order valence-corrected chi connectivity index (χ3v) is 10.5. The lowest BCUT2D eigenvalue weighted by molar-refractivity contribution is -0.0153. The molecule has 0 spiro atoms. The molecule has 0 bridgehead atoms. The topological polar surface area (TPSA) is 59.0 Å². The summed E-state index contributed by atoms with van der Waals surface area (Å²) in [6, 6.07) is 7.60. The summed E-state index contributed by atoms with van der Waals surface area (Å²) < 4.78 is 27.8. The molecule has 1 aromatic carbocycles. The monoisotopic (exact) mass is 507 g/mol. The lowest BCUT2D eigenvalue weighted by Gasteiger charge is -2.42. The van der Waals surface area contributed by atoms with Gasteiger partial charge in [0.2, 0.25) is 0 Å². The van der Waals surface area contributed by atoms with Gasteiger partial charge in [-0.25, -0.2) is 0 Å². The molecule has 5 nitrogen and oxygen atoms in total. The van der Waals surface area contributed by atoms with E-state index in [4.69, 9.17) is 9.05 Å². The molecule has 1 N–H and O–H groups in total. The first-order chi connectivity index (χ1) is 16.4. The Bertz CT molecular complexity index is 802. The fourth-order valence-electron chi connectivity index (χ4n) is 6.12.